The molecule has 0 spiro atoms. The molecular formula is C20H26N2O4. The highest BCUT2D eigenvalue weighted by atomic mass is 16.5. The lowest BCUT2D eigenvalue weighted by Crippen LogP contribution is -2.59. The smallest absolute Gasteiger partial charge is 0.308 e. The van der Waals surface area contributed by atoms with E-state index in [-0.39, 0.29) is 30.8 Å². The van der Waals surface area contributed by atoms with Crippen LogP contribution in [0.1, 0.15) is 44.1 Å². The first-order valence-electron chi connectivity index (χ1n) is 9.43. The molecule has 1 aliphatic carbocycles. The van der Waals surface area contributed by atoms with E-state index in [1.54, 1.807) is 4.90 Å². The van der Waals surface area contributed by atoms with Gasteiger partial charge in [-0.3, -0.25) is 14.4 Å². The van der Waals surface area contributed by atoms with Crippen LogP contribution >= 0.6 is 0 Å². The molecule has 0 aromatic heterocycles. The van der Waals surface area contributed by atoms with Crippen molar-refractivity contribution in [2.45, 2.75) is 51.2 Å². The average molecular weight is 358 g/mol. The van der Waals surface area contributed by atoms with Gasteiger partial charge in [-0.25, -0.2) is 0 Å². The molecule has 140 valence electrons. The summed E-state index contributed by atoms with van der Waals surface area (Å²) in [7, 11) is 0. The van der Waals surface area contributed by atoms with Gasteiger partial charge in [0.05, 0.1) is 6.42 Å². The van der Waals surface area contributed by atoms with Crippen LogP contribution < -0.4 is 5.32 Å². The number of rotatable bonds is 5. The van der Waals surface area contributed by atoms with Crippen molar-refractivity contribution in [3.63, 3.8) is 0 Å². The number of carbonyl (C=O) groups is 3. The molecule has 3 rings (SSSR count). The quantitative estimate of drug-likeness (QED) is 0.817. The molecule has 6 heteroatoms. The van der Waals surface area contributed by atoms with Crippen molar-refractivity contribution in [3.8, 4) is 0 Å². The number of ether oxygens (including phenoxy) is 1. The number of nitrogens with zero attached hydrogens (tertiary/aromatic N) is 1. The molecule has 2 fully saturated rings. The minimum Gasteiger partial charge on any atom is -0.461 e. The van der Waals surface area contributed by atoms with Crippen molar-refractivity contribution < 1.29 is 19.1 Å². The summed E-state index contributed by atoms with van der Waals surface area (Å²) in [5, 5.41) is 2.76. The van der Waals surface area contributed by atoms with E-state index in [4.69, 9.17) is 4.74 Å². The Bertz CT molecular complexity index is 640. The zero-order valence-corrected chi connectivity index (χ0v) is 15.0. The molecule has 1 aromatic carbocycles. The monoisotopic (exact) mass is 358 g/mol. The molecule has 0 unspecified atom stereocenters. The number of piperazine rings is 1. The Morgan fingerprint density at radius 2 is 1.85 bits per heavy atom. The zero-order valence-electron chi connectivity index (χ0n) is 15.0. The van der Waals surface area contributed by atoms with Crippen LogP contribution in [0.25, 0.3) is 0 Å². The van der Waals surface area contributed by atoms with Crippen molar-refractivity contribution in [3.05, 3.63) is 35.9 Å². The van der Waals surface area contributed by atoms with E-state index in [9.17, 15) is 14.4 Å². The van der Waals surface area contributed by atoms with Crippen LogP contribution in [0, 0.1) is 5.92 Å². The lowest BCUT2D eigenvalue weighted by atomic mass is 9.87. The molecule has 1 N–H and O–H groups in total. The van der Waals surface area contributed by atoms with Crippen LogP contribution in [0.5, 0.6) is 0 Å². The number of carbonyl (C=O) groups excluding carboxylic acids is 3. The molecule has 1 heterocycles. The van der Waals surface area contributed by atoms with Crippen molar-refractivity contribution in [1.82, 2.24) is 10.2 Å². The van der Waals surface area contributed by atoms with Crippen LogP contribution in [-0.2, 0) is 25.7 Å². The van der Waals surface area contributed by atoms with Gasteiger partial charge < -0.3 is 15.0 Å². The van der Waals surface area contributed by atoms with E-state index < -0.39 is 12.0 Å². The standard InChI is InChI=1S/C20H26N2O4/c23-18(26-14-15-7-3-1-4-8-15)13-17-19(24)21-11-12-22(17)20(25)16-9-5-2-6-10-16/h1,3-4,7-8,16-17H,2,5-6,9-14H2,(H,21,24)/t17-/m1/s1. The van der Waals surface area contributed by atoms with E-state index >= 15 is 0 Å². The third-order valence-corrected chi connectivity index (χ3v) is 5.17. The van der Waals surface area contributed by atoms with Gasteiger partial charge in [-0.05, 0) is 18.4 Å². The fourth-order valence-corrected chi connectivity index (χ4v) is 3.72. The Balaban J connectivity index is 1.59. The third kappa shape index (κ3) is 4.62. The zero-order chi connectivity index (χ0) is 18.4. The molecule has 2 amide bonds. The number of benzene rings is 1. The van der Waals surface area contributed by atoms with Crippen LogP contribution in [0.2, 0.25) is 0 Å². The second-order valence-corrected chi connectivity index (χ2v) is 7.02. The normalized spacial score (nSPS) is 21.2. The highest BCUT2D eigenvalue weighted by Crippen LogP contribution is 2.27. The lowest BCUT2D eigenvalue weighted by Gasteiger charge is -2.37. The Kier molecular flexibility index (Phi) is 6.26. The molecule has 1 saturated heterocycles. The van der Waals surface area contributed by atoms with Crippen LogP contribution in [0.4, 0.5) is 0 Å². The maximum atomic E-state index is 12.9. The fraction of sp³-hybridized carbons (Fsp3) is 0.550. The van der Waals surface area contributed by atoms with Gasteiger partial charge in [-0.15, -0.1) is 0 Å². The minimum absolute atomic E-state index is 0.0143. The summed E-state index contributed by atoms with van der Waals surface area (Å²) in [4.78, 5) is 39.0. The molecule has 1 atom stereocenters. The summed E-state index contributed by atoms with van der Waals surface area (Å²) in [6.07, 6.45) is 4.93. The molecule has 2 aliphatic rings. The van der Waals surface area contributed by atoms with E-state index in [1.807, 2.05) is 30.3 Å². The molecule has 1 aliphatic heterocycles. The average Bonchev–Trinajstić information content (AvgIpc) is 2.69. The summed E-state index contributed by atoms with van der Waals surface area (Å²) in [6, 6.07) is 8.64. The Labute approximate surface area is 153 Å². The minimum atomic E-state index is -0.763. The predicted octanol–water partition coefficient (Wildman–Crippen LogP) is 2.03. The SMILES string of the molecule is O=C(C[C@@H]1C(=O)NCCN1C(=O)C1CCCCC1)OCc1ccccc1. The van der Waals surface area contributed by atoms with Gasteiger partial charge in [0.2, 0.25) is 11.8 Å². The Hall–Kier alpha value is -2.37. The number of nitrogens with one attached hydrogen (secondary N) is 1. The second kappa shape index (κ2) is 8.83. The topological polar surface area (TPSA) is 75.7 Å². The molecule has 26 heavy (non-hydrogen) atoms. The first kappa shape index (κ1) is 18.4. The highest BCUT2D eigenvalue weighted by Gasteiger charge is 2.37. The molecular weight excluding hydrogens is 332 g/mol. The summed E-state index contributed by atoms with van der Waals surface area (Å²) >= 11 is 0. The van der Waals surface area contributed by atoms with Crippen molar-refractivity contribution in [2.75, 3.05) is 13.1 Å². The van der Waals surface area contributed by atoms with Gasteiger partial charge in [-0.1, -0.05) is 49.6 Å². The number of hydrogen-bond donors (Lipinski definition) is 1. The maximum absolute atomic E-state index is 12.9. The third-order valence-electron chi connectivity index (χ3n) is 5.17. The summed E-state index contributed by atoms with van der Waals surface area (Å²) in [6.45, 7) is 1.06. The highest BCUT2D eigenvalue weighted by molar-refractivity contribution is 5.92. The number of hydrogen-bond acceptors (Lipinski definition) is 4. The van der Waals surface area contributed by atoms with E-state index in [2.05, 4.69) is 5.32 Å². The number of esters is 1. The second-order valence-electron chi connectivity index (χ2n) is 7.02. The van der Waals surface area contributed by atoms with Gasteiger partial charge in [0, 0.05) is 19.0 Å². The predicted molar refractivity (Wildman–Crippen MR) is 95.9 cm³/mol. The van der Waals surface area contributed by atoms with Gasteiger partial charge in [-0.2, -0.15) is 0 Å². The molecule has 1 saturated carbocycles. The first-order chi connectivity index (χ1) is 12.6. The van der Waals surface area contributed by atoms with Gasteiger partial charge in [0.15, 0.2) is 0 Å². The van der Waals surface area contributed by atoms with Crippen LogP contribution in [-0.4, -0.2) is 41.8 Å². The fourth-order valence-electron chi connectivity index (χ4n) is 3.72. The summed E-state index contributed by atoms with van der Waals surface area (Å²) in [5.74, 6) is -0.729. The lowest BCUT2D eigenvalue weighted by molar-refractivity contribution is -0.154. The summed E-state index contributed by atoms with van der Waals surface area (Å²) in [5.41, 5.74) is 0.893. The van der Waals surface area contributed by atoms with Crippen molar-refractivity contribution >= 4 is 17.8 Å². The van der Waals surface area contributed by atoms with Crippen LogP contribution in [0.3, 0.4) is 0 Å². The molecule has 0 bridgehead atoms. The molecule has 6 nitrogen and oxygen atoms in total. The number of amides is 2. The van der Waals surface area contributed by atoms with E-state index in [0.29, 0.717) is 13.1 Å². The summed E-state index contributed by atoms with van der Waals surface area (Å²) < 4.78 is 5.30. The maximum Gasteiger partial charge on any atom is 0.308 e. The molecule has 1 aromatic rings. The first-order valence-corrected chi connectivity index (χ1v) is 9.43. The van der Waals surface area contributed by atoms with Gasteiger partial charge in [0.25, 0.3) is 0 Å². The van der Waals surface area contributed by atoms with Crippen molar-refractivity contribution in [1.29, 1.82) is 0 Å². The van der Waals surface area contributed by atoms with Gasteiger partial charge >= 0.3 is 5.97 Å². The van der Waals surface area contributed by atoms with Gasteiger partial charge in [0.1, 0.15) is 12.6 Å². The van der Waals surface area contributed by atoms with E-state index in [1.165, 1.54) is 6.42 Å². The largest absolute Gasteiger partial charge is 0.461 e. The van der Waals surface area contributed by atoms with Crippen LogP contribution in [0.15, 0.2) is 30.3 Å². The van der Waals surface area contributed by atoms with Crippen molar-refractivity contribution in [2.24, 2.45) is 5.92 Å². The molecule has 0 radical (unpaired) electrons. The Morgan fingerprint density at radius 1 is 1.12 bits per heavy atom. The van der Waals surface area contributed by atoms with E-state index in [0.717, 1.165) is 31.2 Å². The Morgan fingerprint density at radius 3 is 2.58 bits per heavy atom.